The molecule has 0 aromatic carbocycles. The molecule has 4 heteroatoms. The molecule has 1 unspecified atom stereocenters. The molecule has 76 valence electrons. The zero-order chi connectivity index (χ0) is 9.68. The Bertz CT molecular complexity index is 164. The van der Waals surface area contributed by atoms with Gasteiger partial charge in [-0.15, -0.1) is 0 Å². The Kier molecular flexibility index (Phi) is 4.18. The van der Waals surface area contributed by atoms with E-state index < -0.39 is 0 Å². The smallest absolute Gasteiger partial charge is 0.239 e. The maximum absolute atomic E-state index is 11.7. The number of nitrogens with one attached hydrogen (secondary N) is 2. The van der Waals surface area contributed by atoms with Crippen LogP contribution < -0.4 is 10.6 Å². The van der Waals surface area contributed by atoms with Crippen molar-refractivity contribution in [1.29, 1.82) is 0 Å². The maximum atomic E-state index is 11.7. The molecule has 13 heavy (non-hydrogen) atoms. The van der Waals surface area contributed by atoms with Crippen molar-refractivity contribution in [2.45, 2.75) is 19.4 Å². The summed E-state index contributed by atoms with van der Waals surface area (Å²) in [6, 6.07) is -0.0573. The Hall–Kier alpha value is -0.610. The van der Waals surface area contributed by atoms with Gasteiger partial charge in [-0.1, -0.05) is 0 Å². The van der Waals surface area contributed by atoms with Gasteiger partial charge in [0.15, 0.2) is 0 Å². The molecule has 0 radical (unpaired) electrons. The normalized spacial score (nSPS) is 20.9. The van der Waals surface area contributed by atoms with Crippen LogP contribution in [0.4, 0.5) is 0 Å². The summed E-state index contributed by atoms with van der Waals surface area (Å²) in [5.41, 5.74) is 0. The molecule has 0 aromatic rings. The van der Waals surface area contributed by atoms with E-state index in [0.717, 1.165) is 32.6 Å². The lowest BCUT2D eigenvalue weighted by molar-refractivity contribution is -0.132. The third-order valence-corrected chi connectivity index (χ3v) is 2.46. The minimum atomic E-state index is -0.0573. The molecule has 1 atom stereocenters. The fourth-order valence-corrected chi connectivity index (χ4v) is 1.46. The van der Waals surface area contributed by atoms with Crippen molar-refractivity contribution in [3.8, 4) is 0 Å². The van der Waals surface area contributed by atoms with Crippen LogP contribution in [-0.2, 0) is 4.79 Å². The predicted molar refractivity (Wildman–Crippen MR) is 52.6 cm³/mol. The standard InChI is InChI=1S/C9H19N3O/c1-8(10-2)9(13)12-6-3-4-11-5-7-12/h8,10-11H,3-7H2,1-2H3. The van der Waals surface area contributed by atoms with Crippen LogP contribution in [0.15, 0.2) is 0 Å². The number of amides is 1. The van der Waals surface area contributed by atoms with E-state index in [1.54, 1.807) is 0 Å². The van der Waals surface area contributed by atoms with Crippen molar-refractivity contribution in [3.63, 3.8) is 0 Å². The van der Waals surface area contributed by atoms with Crippen molar-refractivity contribution < 1.29 is 4.79 Å². The second-order valence-corrected chi connectivity index (χ2v) is 3.44. The summed E-state index contributed by atoms with van der Waals surface area (Å²) in [5, 5.41) is 6.25. The first kappa shape index (κ1) is 10.5. The van der Waals surface area contributed by atoms with Gasteiger partial charge < -0.3 is 15.5 Å². The average Bonchev–Trinajstić information content (AvgIpc) is 2.43. The highest BCUT2D eigenvalue weighted by Gasteiger charge is 2.19. The van der Waals surface area contributed by atoms with E-state index in [-0.39, 0.29) is 11.9 Å². The number of likely N-dealkylation sites (N-methyl/N-ethyl adjacent to an activating group) is 1. The van der Waals surface area contributed by atoms with Crippen LogP contribution in [0.5, 0.6) is 0 Å². The van der Waals surface area contributed by atoms with E-state index in [9.17, 15) is 4.79 Å². The molecule has 4 nitrogen and oxygen atoms in total. The van der Waals surface area contributed by atoms with Crippen molar-refractivity contribution in [2.75, 3.05) is 33.2 Å². The summed E-state index contributed by atoms with van der Waals surface area (Å²) >= 11 is 0. The third kappa shape index (κ3) is 2.97. The van der Waals surface area contributed by atoms with E-state index in [0.29, 0.717) is 0 Å². The van der Waals surface area contributed by atoms with Crippen LogP contribution >= 0.6 is 0 Å². The quantitative estimate of drug-likeness (QED) is 0.605. The van der Waals surface area contributed by atoms with E-state index in [1.165, 1.54) is 0 Å². The predicted octanol–water partition coefficient (Wildman–Crippen LogP) is -0.584. The van der Waals surface area contributed by atoms with Gasteiger partial charge in [-0.3, -0.25) is 4.79 Å². The number of hydrogen-bond donors (Lipinski definition) is 2. The maximum Gasteiger partial charge on any atom is 0.239 e. The van der Waals surface area contributed by atoms with E-state index >= 15 is 0 Å². The van der Waals surface area contributed by atoms with Gasteiger partial charge in [0.05, 0.1) is 6.04 Å². The molecule has 0 aromatic heterocycles. The van der Waals surface area contributed by atoms with Crippen molar-refractivity contribution in [1.82, 2.24) is 15.5 Å². The van der Waals surface area contributed by atoms with E-state index in [4.69, 9.17) is 0 Å². The second-order valence-electron chi connectivity index (χ2n) is 3.44. The zero-order valence-electron chi connectivity index (χ0n) is 8.47. The Morgan fingerprint density at radius 2 is 2.23 bits per heavy atom. The molecule has 1 aliphatic rings. The SMILES string of the molecule is CNC(C)C(=O)N1CCCNCC1. The van der Waals surface area contributed by atoms with Gasteiger partial charge in [-0.2, -0.15) is 0 Å². The summed E-state index contributed by atoms with van der Waals surface area (Å²) in [6.45, 7) is 5.57. The molecule has 1 aliphatic heterocycles. The van der Waals surface area contributed by atoms with Gasteiger partial charge >= 0.3 is 0 Å². The molecule has 0 saturated carbocycles. The molecule has 1 heterocycles. The Morgan fingerprint density at radius 1 is 1.46 bits per heavy atom. The highest BCUT2D eigenvalue weighted by molar-refractivity contribution is 5.81. The Labute approximate surface area is 79.7 Å². The molecule has 1 saturated heterocycles. The fourth-order valence-electron chi connectivity index (χ4n) is 1.46. The van der Waals surface area contributed by atoms with Gasteiger partial charge in [0, 0.05) is 19.6 Å². The molecular weight excluding hydrogens is 166 g/mol. The lowest BCUT2D eigenvalue weighted by atomic mass is 10.2. The highest BCUT2D eigenvalue weighted by Crippen LogP contribution is 1.98. The van der Waals surface area contributed by atoms with Gasteiger partial charge in [-0.25, -0.2) is 0 Å². The summed E-state index contributed by atoms with van der Waals surface area (Å²) in [4.78, 5) is 13.6. The van der Waals surface area contributed by atoms with E-state index in [2.05, 4.69) is 10.6 Å². The van der Waals surface area contributed by atoms with Crippen LogP contribution in [0.2, 0.25) is 0 Å². The summed E-state index contributed by atoms with van der Waals surface area (Å²) in [7, 11) is 1.82. The molecule has 1 fully saturated rings. The first-order valence-electron chi connectivity index (χ1n) is 4.92. The molecule has 2 N–H and O–H groups in total. The molecular formula is C9H19N3O. The minimum Gasteiger partial charge on any atom is -0.340 e. The highest BCUT2D eigenvalue weighted by atomic mass is 16.2. The molecule has 1 rings (SSSR count). The third-order valence-electron chi connectivity index (χ3n) is 2.46. The minimum absolute atomic E-state index is 0.0573. The zero-order valence-corrected chi connectivity index (χ0v) is 8.47. The number of rotatable bonds is 2. The summed E-state index contributed by atoms with van der Waals surface area (Å²) in [5.74, 6) is 0.214. The van der Waals surface area contributed by atoms with Gasteiger partial charge in [0.25, 0.3) is 0 Å². The summed E-state index contributed by atoms with van der Waals surface area (Å²) in [6.07, 6.45) is 1.06. The summed E-state index contributed by atoms with van der Waals surface area (Å²) < 4.78 is 0. The monoisotopic (exact) mass is 185 g/mol. The number of nitrogens with zero attached hydrogens (tertiary/aromatic N) is 1. The lowest BCUT2D eigenvalue weighted by Crippen LogP contribution is -2.44. The van der Waals surface area contributed by atoms with Crippen molar-refractivity contribution in [3.05, 3.63) is 0 Å². The molecule has 0 bridgehead atoms. The second kappa shape index (κ2) is 5.19. The lowest BCUT2D eigenvalue weighted by Gasteiger charge is -2.23. The first-order valence-corrected chi connectivity index (χ1v) is 4.92. The fraction of sp³-hybridized carbons (Fsp3) is 0.889. The van der Waals surface area contributed by atoms with Crippen LogP contribution in [0.3, 0.4) is 0 Å². The Balaban J connectivity index is 2.43. The van der Waals surface area contributed by atoms with Crippen LogP contribution in [0.1, 0.15) is 13.3 Å². The van der Waals surface area contributed by atoms with Gasteiger partial charge in [0.1, 0.15) is 0 Å². The Morgan fingerprint density at radius 3 is 2.92 bits per heavy atom. The average molecular weight is 185 g/mol. The largest absolute Gasteiger partial charge is 0.340 e. The van der Waals surface area contributed by atoms with Crippen LogP contribution in [0, 0.1) is 0 Å². The number of hydrogen-bond acceptors (Lipinski definition) is 3. The molecule has 0 aliphatic carbocycles. The van der Waals surface area contributed by atoms with Crippen molar-refractivity contribution in [2.24, 2.45) is 0 Å². The van der Waals surface area contributed by atoms with Crippen LogP contribution in [-0.4, -0.2) is 50.1 Å². The first-order chi connectivity index (χ1) is 6.25. The van der Waals surface area contributed by atoms with Gasteiger partial charge in [-0.05, 0) is 26.9 Å². The van der Waals surface area contributed by atoms with Crippen LogP contribution in [0.25, 0.3) is 0 Å². The van der Waals surface area contributed by atoms with Crippen molar-refractivity contribution >= 4 is 5.91 Å². The van der Waals surface area contributed by atoms with Gasteiger partial charge in [0.2, 0.25) is 5.91 Å². The van der Waals surface area contributed by atoms with E-state index in [1.807, 2.05) is 18.9 Å². The topological polar surface area (TPSA) is 44.4 Å². The molecule has 1 amide bonds. The number of carbonyl (C=O) groups is 1. The molecule has 0 spiro atoms. The number of carbonyl (C=O) groups excluding carboxylic acids is 1.